The van der Waals surface area contributed by atoms with E-state index >= 15 is 0 Å². The van der Waals surface area contributed by atoms with Crippen molar-refractivity contribution in [3.05, 3.63) is 48.5 Å². The SMILES string of the molecule is OPn1c2ccccc2c2ccccc21. The van der Waals surface area contributed by atoms with Crippen LogP contribution in [0.15, 0.2) is 48.5 Å². The van der Waals surface area contributed by atoms with Crippen LogP contribution in [-0.4, -0.2) is 9.23 Å². The fraction of sp³-hybridized carbons (Fsp3) is 0. The monoisotopic (exact) mass is 215 g/mol. The van der Waals surface area contributed by atoms with Crippen molar-refractivity contribution in [1.82, 2.24) is 4.34 Å². The second-order valence-corrected chi connectivity index (χ2v) is 4.12. The van der Waals surface area contributed by atoms with E-state index in [2.05, 4.69) is 12.1 Å². The molecule has 0 aliphatic heterocycles. The van der Waals surface area contributed by atoms with Crippen molar-refractivity contribution in [3.63, 3.8) is 0 Å². The first-order valence-corrected chi connectivity index (χ1v) is 5.69. The number of para-hydroxylation sites is 2. The number of aromatic nitrogens is 1. The van der Waals surface area contributed by atoms with E-state index in [1.165, 1.54) is 10.8 Å². The lowest BCUT2D eigenvalue weighted by atomic mass is 10.2. The number of fused-ring (bicyclic) bond motifs is 3. The molecule has 2 nitrogen and oxygen atoms in total. The molecule has 3 heteroatoms. The van der Waals surface area contributed by atoms with Crippen LogP contribution in [0.1, 0.15) is 0 Å². The van der Waals surface area contributed by atoms with Gasteiger partial charge in [0.2, 0.25) is 0 Å². The van der Waals surface area contributed by atoms with Crippen molar-refractivity contribution in [2.24, 2.45) is 0 Å². The molecule has 0 aliphatic rings. The van der Waals surface area contributed by atoms with E-state index in [0.29, 0.717) is 0 Å². The maximum Gasteiger partial charge on any atom is 0.119 e. The van der Waals surface area contributed by atoms with Crippen LogP contribution in [0.2, 0.25) is 0 Å². The summed E-state index contributed by atoms with van der Waals surface area (Å²) < 4.78 is 1.95. The van der Waals surface area contributed by atoms with Crippen LogP contribution in [0.4, 0.5) is 0 Å². The zero-order chi connectivity index (χ0) is 10.3. The van der Waals surface area contributed by atoms with Gasteiger partial charge in [-0.25, -0.2) is 0 Å². The molecule has 1 aromatic heterocycles. The van der Waals surface area contributed by atoms with Crippen LogP contribution in [0, 0.1) is 0 Å². The van der Waals surface area contributed by atoms with Crippen molar-refractivity contribution in [2.75, 3.05) is 0 Å². The summed E-state index contributed by atoms with van der Waals surface area (Å²) in [6, 6.07) is 16.3. The minimum atomic E-state index is -0.221. The molecule has 1 atom stereocenters. The highest BCUT2D eigenvalue weighted by atomic mass is 31.1. The normalized spacial score (nSPS) is 12.1. The second kappa shape index (κ2) is 3.34. The second-order valence-electron chi connectivity index (χ2n) is 3.47. The summed E-state index contributed by atoms with van der Waals surface area (Å²) in [6.45, 7) is 0. The van der Waals surface area contributed by atoms with E-state index in [-0.39, 0.29) is 8.96 Å². The molecule has 74 valence electrons. The zero-order valence-corrected chi connectivity index (χ0v) is 9.01. The summed E-state index contributed by atoms with van der Waals surface area (Å²) in [5, 5.41) is 2.41. The fourth-order valence-corrected chi connectivity index (χ4v) is 2.64. The molecule has 0 fully saturated rings. The number of hydrogen-bond acceptors (Lipinski definition) is 1. The van der Waals surface area contributed by atoms with Gasteiger partial charge in [0.05, 0.1) is 11.0 Å². The Kier molecular flexibility index (Phi) is 1.98. The van der Waals surface area contributed by atoms with Gasteiger partial charge in [0.15, 0.2) is 0 Å². The van der Waals surface area contributed by atoms with Gasteiger partial charge in [0.1, 0.15) is 8.96 Å². The summed E-state index contributed by atoms with van der Waals surface area (Å²) >= 11 is 0. The Morgan fingerprint density at radius 3 is 1.73 bits per heavy atom. The highest BCUT2D eigenvalue weighted by molar-refractivity contribution is 7.30. The van der Waals surface area contributed by atoms with Gasteiger partial charge < -0.3 is 4.89 Å². The number of rotatable bonds is 1. The molecule has 3 rings (SSSR count). The molecule has 15 heavy (non-hydrogen) atoms. The number of hydrogen-bond donors (Lipinski definition) is 1. The zero-order valence-electron chi connectivity index (χ0n) is 8.01. The Morgan fingerprint density at radius 1 is 0.800 bits per heavy atom. The molecule has 0 aliphatic carbocycles. The van der Waals surface area contributed by atoms with Gasteiger partial charge in [-0.15, -0.1) is 0 Å². The molecule has 0 saturated carbocycles. The van der Waals surface area contributed by atoms with Crippen LogP contribution in [0.3, 0.4) is 0 Å². The smallest absolute Gasteiger partial charge is 0.119 e. The number of benzene rings is 2. The third-order valence-corrected chi connectivity index (χ3v) is 3.36. The summed E-state index contributed by atoms with van der Waals surface area (Å²) in [7, 11) is -0.221. The van der Waals surface area contributed by atoms with E-state index in [4.69, 9.17) is 0 Å². The largest absolute Gasteiger partial charge is 0.357 e. The van der Waals surface area contributed by atoms with Gasteiger partial charge in [0.25, 0.3) is 0 Å². The van der Waals surface area contributed by atoms with Gasteiger partial charge in [-0.2, -0.15) is 0 Å². The van der Waals surface area contributed by atoms with Crippen molar-refractivity contribution >= 4 is 30.8 Å². The summed E-state index contributed by atoms with van der Waals surface area (Å²) in [5.41, 5.74) is 2.19. The van der Waals surface area contributed by atoms with Crippen LogP contribution < -0.4 is 0 Å². The standard InChI is InChI=1S/C12H10NOP/c14-15-13-11-7-3-1-5-9(11)10-6-2-4-8-12(10)13/h1-8,14-15H. The Hall–Kier alpha value is -1.37. The Bertz CT molecular complexity index is 576. The molecule has 0 bridgehead atoms. The fourth-order valence-electron chi connectivity index (χ4n) is 2.03. The van der Waals surface area contributed by atoms with E-state index in [1.807, 2.05) is 40.7 Å². The topological polar surface area (TPSA) is 25.2 Å². The third kappa shape index (κ3) is 1.19. The lowest BCUT2D eigenvalue weighted by Crippen LogP contribution is -1.80. The Balaban J connectivity index is 2.62. The van der Waals surface area contributed by atoms with E-state index < -0.39 is 0 Å². The minimum absolute atomic E-state index is 0.221. The first-order valence-electron chi connectivity index (χ1n) is 4.80. The van der Waals surface area contributed by atoms with Gasteiger partial charge >= 0.3 is 0 Å². The molecule has 0 saturated heterocycles. The van der Waals surface area contributed by atoms with Gasteiger partial charge in [-0.3, -0.25) is 4.34 Å². The molecule has 1 N–H and O–H groups in total. The molecule has 1 heterocycles. The molecule has 0 amide bonds. The molecule has 0 radical (unpaired) electrons. The minimum Gasteiger partial charge on any atom is -0.357 e. The van der Waals surface area contributed by atoms with Gasteiger partial charge in [-0.1, -0.05) is 36.4 Å². The lowest BCUT2D eigenvalue weighted by molar-refractivity contribution is 0.639. The van der Waals surface area contributed by atoms with Crippen LogP contribution >= 0.6 is 8.96 Å². The van der Waals surface area contributed by atoms with Gasteiger partial charge in [-0.05, 0) is 12.1 Å². The summed E-state index contributed by atoms with van der Waals surface area (Å²) in [6.07, 6.45) is 0. The highest BCUT2D eigenvalue weighted by Crippen LogP contribution is 2.32. The van der Waals surface area contributed by atoms with Crippen LogP contribution in [0.25, 0.3) is 21.8 Å². The molecular formula is C12H10NOP. The van der Waals surface area contributed by atoms with Crippen LogP contribution in [0.5, 0.6) is 0 Å². The quantitative estimate of drug-likeness (QED) is 0.620. The van der Waals surface area contributed by atoms with Crippen molar-refractivity contribution in [3.8, 4) is 0 Å². The Labute approximate surface area is 89.1 Å². The average Bonchev–Trinajstić information content (AvgIpc) is 2.63. The first kappa shape index (κ1) is 8.90. The van der Waals surface area contributed by atoms with Gasteiger partial charge in [0, 0.05) is 10.8 Å². The molecular weight excluding hydrogens is 205 g/mol. The van der Waals surface area contributed by atoms with E-state index in [0.717, 1.165) is 11.0 Å². The maximum atomic E-state index is 9.41. The first-order chi connectivity index (χ1) is 7.42. The maximum absolute atomic E-state index is 9.41. The van der Waals surface area contributed by atoms with Crippen molar-refractivity contribution < 1.29 is 4.89 Å². The van der Waals surface area contributed by atoms with Crippen molar-refractivity contribution in [1.29, 1.82) is 0 Å². The molecule has 3 aromatic rings. The van der Waals surface area contributed by atoms with E-state index in [1.54, 1.807) is 0 Å². The predicted octanol–water partition coefficient (Wildman–Crippen LogP) is 3.14. The molecule has 2 aromatic carbocycles. The molecule has 1 unspecified atom stereocenters. The van der Waals surface area contributed by atoms with Crippen molar-refractivity contribution in [2.45, 2.75) is 0 Å². The highest BCUT2D eigenvalue weighted by Gasteiger charge is 2.07. The van der Waals surface area contributed by atoms with Crippen LogP contribution in [-0.2, 0) is 0 Å². The number of nitrogens with zero attached hydrogens (tertiary/aromatic N) is 1. The molecule has 0 spiro atoms. The summed E-state index contributed by atoms with van der Waals surface area (Å²) in [4.78, 5) is 9.41. The lowest BCUT2D eigenvalue weighted by Gasteiger charge is -1.99. The van der Waals surface area contributed by atoms with E-state index in [9.17, 15) is 4.89 Å². The third-order valence-electron chi connectivity index (χ3n) is 2.68. The predicted molar refractivity (Wildman–Crippen MR) is 65.4 cm³/mol. The Morgan fingerprint density at radius 2 is 1.27 bits per heavy atom. The summed E-state index contributed by atoms with van der Waals surface area (Å²) in [5.74, 6) is 0. The average molecular weight is 215 g/mol.